The normalized spacial score (nSPS) is 20.1. The highest BCUT2D eigenvalue weighted by atomic mass is 15.1. The van der Waals surface area contributed by atoms with Gasteiger partial charge < -0.3 is 15.1 Å². The van der Waals surface area contributed by atoms with Gasteiger partial charge in [0.25, 0.3) is 0 Å². The van der Waals surface area contributed by atoms with Crippen LogP contribution in [0.5, 0.6) is 0 Å². The molecule has 0 aromatic rings. The van der Waals surface area contributed by atoms with Crippen LogP contribution < -0.4 is 5.32 Å². The highest BCUT2D eigenvalue weighted by Crippen LogP contribution is 2.17. The van der Waals surface area contributed by atoms with E-state index in [9.17, 15) is 0 Å². The predicted molar refractivity (Wildman–Crippen MR) is 84.7 cm³/mol. The molecule has 1 heterocycles. The third-order valence-electron chi connectivity index (χ3n) is 4.39. The van der Waals surface area contributed by atoms with E-state index in [2.05, 4.69) is 43.1 Å². The van der Waals surface area contributed by atoms with Gasteiger partial charge in [-0.1, -0.05) is 13.3 Å². The Bertz CT molecular complexity index is 212. The van der Waals surface area contributed by atoms with E-state index in [0.29, 0.717) is 6.04 Å². The van der Waals surface area contributed by atoms with E-state index < -0.39 is 0 Å². The maximum atomic E-state index is 3.49. The molecule has 19 heavy (non-hydrogen) atoms. The molecule has 0 aromatic heterocycles. The lowest BCUT2D eigenvalue weighted by Crippen LogP contribution is -2.36. The second-order valence-corrected chi connectivity index (χ2v) is 6.46. The van der Waals surface area contributed by atoms with Crippen LogP contribution in [0, 0.1) is 5.92 Å². The molecule has 1 unspecified atom stereocenters. The molecule has 3 heteroatoms. The predicted octanol–water partition coefficient (Wildman–Crippen LogP) is 2.43. The molecule has 0 saturated carbocycles. The monoisotopic (exact) mass is 269 g/mol. The quantitative estimate of drug-likeness (QED) is 0.649. The lowest BCUT2D eigenvalue weighted by atomic mass is 9.96. The SMILES string of the molecule is CCNC(C)CCCCN(C)CC1CCN(C)CC1. The standard InChI is InChI=1S/C16H35N3/c1-5-17-15(2)8-6-7-11-19(4)14-16-9-12-18(3)13-10-16/h15-17H,5-14H2,1-4H3. The molecule has 0 bridgehead atoms. The number of piperidine rings is 1. The smallest absolute Gasteiger partial charge is 0.00386 e. The molecule has 0 aromatic carbocycles. The second kappa shape index (κ2) is 9.73. The zero-order chi connectivity index (χ0) is 14.1. The van der Waals surface area contributed by atoms with Crippen molar-refractivity contribution in [3.05, 3.63) is 0 Å². The van der Waals surface area contributed by atoms with E-state index in [4.69, 9.17) is 0 Å². The highest BCUT2D eigenvalue weighted by Gasteiger charge is 2.17. The molecular formula is C16H35N3. The Labute approximate surface area is 120 Å². The molecule has 1 fully saturated rings. The van der Waals surface area contributed by atoms with Gasteiger partial charge in [-0.15, -0.1) is 0 Å². The first-order chi connectivity index (χ1) is 9.11. The Hall–Kier alpha value is -0.120. The van der Waals surface area contributed by atoms with Crippen molar-refractivity contribution in [3.8, 4) is 0 Å². The maximum Gasteiger partial charge on any atom is 0.00386 e. The van der Waals surface area contributed by atoms with Gasteiger partial charge in [0.05, 0.1) is 0 Å². The van der Waals surface area contributed by atoms with Crippen LogP contribution in [0.1, 0.15) is 46.0 Å². The summed E-state index contributed by atoms with van der Waals surface area (Å²) < 4.78 is 0. The molecule has 1 aliphatic heterocycles. The summed E-state index contributed by atoms with van der Waals surface area (Å²) in [6.07, 6.45) is 6.79. The molecule has 0 spiro atoms. The van der Waals surface area contributed by atoms with Crippen molar-refractivity contribution in [3.63, 3.8) is 0 Å². The summed E-state index contributed by atoms with van der Waals surface area (Å²) in [7, 11) is 4.54. The Morgan fingerprint density at radius 1 is 1.26 bits per heavy atom. The minimum atomic E-state index is 0.684. The van der Waals surface area contributed by atoms with E-state index in [1.807, 2.05) is 0 Å². The Morgan fingerprint density at radius 2 is 1.95 bits per heavy atom. The first-order valence-electron chi connectivity index (χ1n) is 8.22. The summed E-state index contributed by atoms with van der Waals surface area (Å²) in [5.74, 6) is 0.932. The van der Waals surface area contributed by atoms with Crippen LogP contribution in [0.4, 0.5) is 0 Å². The third kappa shape index (κ3) is 7.91. The van der Waals surface area contributed by atoms with Crippen molar-refractivity contribution in [1.82, 2.24) is 15.1 Å². The van der Waals surface area contributed by atoms with Crippen LogP contribution in [0.25, 0.3) is 0 Å². The Kier molecular flexibility index (Phi) is 8.67. The summed E-state index contributed by atoms with van der Waals surface area (Å²) in [5.41, 5.74) is 0. The summed E-state index contributed by atoms with van der Waals surface area (Å²) in [5, 5.41) is 3.49. The molecule has 1 N–H and O–H groups in total. The third-order valence-corrected chi connectivity index (χ3v) is 4.39. The van der Waals surface area contributed by atoms with Crippen molar-refractivity contribution in [2.75, 3.05) is 46.8 Å². The van der Waals surface area contributed by atoms with Crippen molar-refractivity contribution in [1.29, 1.82) is 0 Å². The molecule has 114 valence electrons. The van der Waals surface area contributed by atoms with Crippen molar-refractivity contribution < 1.29 is 0 Å². The van der Waals surface area contributed by atoms with Gasteiger partial charge in [0.2, 0.25) is 0 Å². The van der Waals surface area contributed by atoms with Gasteiger partial charge >= 0.3 is 0 Å². The molecule has 0 aliphatic carbocycles. The fourth-order valence-corrected chi connectivity index (χ4v) is 3.06. The van der Waals surface area contributed by atoms with Gasteiger partial charge in [0.15, 0.2) is 0 Å². The lowest BCUT2D eigenvalue weighted by Gasteiger charge is -2.31. The first kappa shape index (κ1) is 16.9. The first-order valence-corrected chi connectivity index (χ1v) is 8.22. The number of nitrogens with zero attached hydrogens (tertiary/aromatic N) is 2. The zero-order valence-corrected chi connectivity index (χ0v) is 13.6. The van der Waals surface area contributed by atoms with Crippen LogP contribution >= 0.6 is 0 Å². The summed E-state index contributed by atoms with van der Waals surface area (Å²) >= 11 is 0. The fraction of sp³-hybridized carbons (Fsp3) is 1.00. The number of hydrogen-bond acceptors (Lipinski definition) is 3. The number of unbranched alkanes of at least 4 members (excludes halogenated alkanes) is 1. The van der Waals surface area contributed by atoms with Crippen LogP contribution in [0.2, 0.25) is 0 Å². The fourth-order valence-electron chi connectivity index (χ4n) is 3.06. The number of rotatable bonds is 9. The average molecular weight is 269 g/mol. The van der Waals surface area contributed by atoms with Crippen LogP contribution in [0.3, 0.4) is 0 Å². The minimum Gasteiger partial charge on any atom is -0.315 e. The zero-order valence-electron chi connectivity index (χ0n) is 13.6. The van der Waals surface area contributed by atoms with Crippen LogP contribution in [0.15, 0.2) is 0 Å². The topological polar surface area (TPSA) is 18.5 Å². The van der Waals surface area contributed by atoms with Gasteiger partial charge in [-0.2, -0.15) is 0 Å². The molecule has 1 saturated heterocycles. The largest absolute Gasteiger partial charge is 0.315 e. The summed E-state index contributed by atoms with van der Waals surface area (Å²) in [6, 6.07) is 0.684. The molecule has 1 aliphatic rings. The maximum absolute atomic E-state index is 3.49. The Balaban J connectivity index is 2.00. The highest BCUT2D eigenvalue weighted by molar-refractivity contribution is 4.72. The van der Waals surface area contributed by atoms with E-state index >= 15 is 0 Å². The van der Waals surface area contributed by atoms with E-state index in [1.54, 1.807) is 0 Å². The Morgan fingerprint density at radius 3 is 2.58 bits per heavy atom. The van der Waals surface area contributed by atoms with Crippen LogP contribution in [-0.2, 0) is 0 Å². The van der Waals surface area contributed by atoms with Gasteiger partial charge in [-0.25, -0.2) is 0 Å². The van der Waals surface area contributed by atoms with Gasteiger partial charge in [0.1, 0.15) is 0 Å². The average Bonchev–Trinajstić information content (AvgIpc) is 2.38. The molecule has 1 atom stereocenters. The number of nitrogens with one attached hydrogen (secondary N) is 1. The molecule has 0 amide bonds. The van der Waals surface area contributed by atoms with Gasteiger partial charge in [0, 0.05) is 12.6 Å². The molecule has 0 radical (unpaired) electrons. The van der Waals surface area contributed by atoms with E-state index in [1.165, 1.54) is 58.3 Å². The van der Waals surface area contributed by atoms with Crippen molar-refractivity contribution >= 4 is 0 Å². The van der Waals surface area contributed by atoms with Gasteiger partial charge in [-0.3, -0.25) is 0 Å². The van der Waals surface area contributed by atoms with Crippen molar-refractivity contribution in [2.45, 2.75) is 52.0 Å². The summed E-state index contributed by atoms with van der Waals surface area (Å²) in [6.45, 7) is 10.7. The summed E-state index contributed by atoms with van der Waals surface area (Å²) in [4.78, 5) is 5.01. The van der Waals surface area contributed by atoms with Crippen LogP contribution in [-0.4, -0.2) is 62.7 Å². The van der Waals surface area contributed by atoms with E-state index in [0.717, 1.165) is 12.5 Å². The molecular weight excluding hydrogens is 234 g/mol. The lowest BCUT2D eigenvalue weighted by molar-refractivity contribution is 0.175. The van der Waals surface area contributed by atoms with Gasteiger partial charge in [-0.05, 0) is 78.8 Å². The number of hydrogen-bond donors (Lipinski definition) is 1. The van der Waals surface area contributed by atoms with Crippen molar-refractivity contribution in [2.24, 2.45) is 5.92 Å². The minimum absolute atomic E-state index is 0.684. The second-order valence-electron chi connectivity index (χ2n) is 6.46. The molecule has 3 nitrogen and oxygen atoms in total. The number of likely N-dealkylation sites (tertiary alicyclic amines) is 1. The molecule has 1 rings (SSSR count). The van der Waals surface area contributed by atoms with E-state index in [-0.39, 0.29) is 0 Å².